The summed E-state index contributed by atoms with van der Waals surface area (Å²) in [6.45, 7) is 2.99. The number of carbonyl (C=O) groups excluding carboxylic acids is 3. The number of aryl methyl sites for hydroxylation is 1. The predicted molar refractivity (Wildman–Crippen MR) is 124 cm³/mol. The molecule has 0 fully saturated rings. The lowest BCUT2D eigenvalue weighted by Crippen LogP contribution is -2.31. The molecule has 0 aliphatic carbocycles. The Morgan fingerprint density at radius 3 is 2.53 bits per heavy atom. The number of hydrogen-bond donors (Lipinski definition) is 1. The zero-order chi connectivity index (χ0) is 24.1. The summed E-state index contributed by atoms with van der Waals surface area (Å²) >= 11 is 0.938. The Bertz CT molecular complexity index is 1500. The maximum atomic E-state index is 15.0. The Hall–Kier alpha value is -4.11. The molecule has 34 heavy (non-hydrogen) atoms. The highest BCUT2D eigenvalue weighted by Gasteiger charge is 2.47. The van der Waals surface area contributed by atoms with E-state index in [9.17, 15) is 23.9 Å². The van der Waals surface area contributed by atoms with Crippen LogP contribution in [0.25, 0.3) is 11.0 Å². The highest BCUT2D eigenvalue weighted by molar-refractivity contribution is 7.17. The maximum Gasteiger partial charge on any atom is 0.296 e. The van der Waals surface area contributed by atoms with E-state index in [1.807, 2.05) is 0 Å². The molecule has 0 radical (unpaired) electrons. The number of para-hydroxylation sites is 1. The molecule has 1 aliphatic rings. The zero-order valence-electron chi connectivity index (χ0n) is 18.0. The summed E-state index contributed by atoms with van der Waals surface area (Å²) in [4.78, 5) is 44.4. The van der Waals surface area contributed by atoms with Gasteiger partial charge in [-0.05, 0) is 25.1 Å². The van der Waals surface area contributed by atoms with Gasteiger partial charge < -0.3 is 9.52 Å². The van der Waals surface area contributed by atoms with Gasteiger partial charge in [0, 0.05) is 17.9 Å². The number of rotatable bonds is 5. The van der Waals surface area contributed by atoms with Crippen LogP contribution in [-0.2, 0) is 4.79 Å². The van der Waals surface area contributed by atoms with Crippen LogP contribution in [-0.4, -0.2) is 27.6 Å². The van der Waals surface area contributed by atoms with Gasteiger partial charge in [-0.2, -0.15) is 0 Å². The van der Waals surface area contributed by atoms with Gasteiger partial charge in [0.05, 0.1) is 16.1 Å². The normalized spacial score (nSPS) is 16.0. The van der Waals surface area contributed by atoms with E-state index in [4.69, 9.17) is 4.42 Å². The molecule has 2 aromatic carbocycles. The van der Waals surface area contributed by atoms with E-state index in [0.717, 1.165) is 16.2 Å². The Balaban J connectivity index is 1.69. The molecule has 1 amide bonds. The number of ketones is 2. The topological polar surface area (TPSA) is 101 Å². The van der Waals surface area contributed by atoms with E-state index >= 15 is 0 Å². The lowest BCUT2D eigenvalue weighted by molar-refractivity contribution is -0.117. The third-order valence-electron chi connectivity index (χ3n) is 5.61. The fraction of sp³-hybridized carbons (Fsp3) is 0.120. The lowest BCUT2D eigenvalue weighted by Gasteiger charge is -2.24. The smallest absolute Gasteiger partial charge is 0.296 e. The summed E-state index contributed by atoms with van der Waals surface area (Å²) in [7, 11) is 0. The van der Waals surface area contributed by atoms with Crippen LogP contribution in [0.2, 0.25) is 0 Å². The van der Waals surface area contributed by atoms with Crippen molar-refractivity contribution < 1.29 is 28.3 Å². The number of hydrogen-bond acceptors (Lipinski definition) is 7. The van der Waals surface area contributed by atoms with E-state index in [1.165, 1.54) is 31.2 Å². The van der Waals surface area contributed by atoms with Crippen LogP contribution >= 0.6 is 11.3 Å². The van der Waals surface area contributed by atoms with Crippen LogP contribution < -0.4 is 4.90 Å². The average molecular weight is 476 g/mol. The van der Waals surface area contributed by atoms with Gasteiger partial charge in [0.15, 0.2) is 22.4 Å². The monoisotopic (exact) mass is 476 g/mol. The number of nitrogens with zero attached hydrogens (tertiary/aromatic N) is 2. The fourth-order valence-electron chi connectivity index (χ4n) is 4.06. The molecule has 0 saturated carbocycles. The van der Waals surface area contributed by atoms with Gasteiger partial charge in [-0.25, -0.2) is 9.37 Å². The summed E-state index contributed by atoms with van der Waals surface area (Å²) in [5, 5.41) is 11.5. The molecular weight excluding hydrogens is 459 g/mol. The Morgan fingerprint density at radius 1 is 1.15 bits per heavy atom. The Labute approximate surface area is 196 Å². The predicted octanol–water partition coefficient (Wildman–Crippen LogP) is 5.32. The van der Waals surface area contributed by atoms with Crippen molar-refractivity contribution in [2.75, 3.05) is 4.90 Å². The number of aliphatic hydroxyl groups excluding tert-OH is 1. The number of Topliss-reactive ketones (excluding diaryl/α,β-unsaturated/α-hetero) is 2. The van der Waals surface area contributed by atoms with E-state index in [2.05, 4.69) is 4.98 Å². The van der Waals surface area contributed by atoms with E-state index < -0.39 is 29.3 Å². The van der Waals surface area contributed by atoms with Crippen molar-refractivity contribution in [3.8, 4) is 0 Å². The van der Waals surface area contributed by atoms with Gasteiger partial charge in [0.25, 0.3) is 5.91 Å². The first-order valence-corrected chi connectivity index (χ1v) is 11.1. The molecule has 1 atom stereocenters. The minimum absolute atomic E-state index is 0.00316. The van der Waals surface area contributed by atoms with Gasteiger partial charge in [-0.3, -0.25) is 19.3 Å². The number of fused-ring (bicyclic) bond motifs is 1. The first-order chi connectivity index (χ1) is 16.3. The Morgan fingerprint density at radius 2 is 1.85 bits per heavy atom. The first kappa shape index (κ1) is 21.7. The standard InChI is InChI=1S/C25H17FN2O5S/c1-12-23(13(2)29)34-25(27-12)28-20(15-8-4-5-9-16(15)26)19(22(31)24(28)32)21(30)18-11-14-7-3-6-10-17(14)33-18/h3-11,20,31H,1-2H3. The third-order valence-corrected chi connectivity index (χ3v) is 6.87. The number of thiazole rings is 1. The average Bonchev–Trinajstić information content (AvgIpc) is 3.48. The summed E-state index contributed by atoms with van der Waals surface area (Å²) in [5.41, 5.74) is 0.517. The molecule has 2 aromatic heterocycles. The van der Waals surface area contributed by atoms with Gasteiger partial charge >= 0.3 is 0 Å². The second-order valence-corrected chi connectivity index (χ2v) is 8.78. The largest absolute Gasteiger partial charge is 0.503 e. The van der Waals surface area contributed by atoms with Crippen molar-refractivity contribution >= 4 is 44.9 Å². The molecule has 4 aromatic rings. The van der Waals surface area contributed by atoms with Crippen molar-refractivity contribution in [2.45, 2.75) is 19.9 Å². The van der Waals surface area contributed by atoms with Crippen molar-refractivity contribution in [1.82, 2.24) is 4.98 Å². The highest BCUT2D eigenvalue weighted by atomic mass is 32.1. The first-order valence-electron chi connectivity index (χ1n) is 10.3. The molecular formula is C25H17FN2O5S. The molecule has 0 bridgehead atoms. The van der Waals surface area contributed by atoms with Crippen LogP contribution in [0.1, 0.15) is 44.4 Å². The minimum Gasteiger partial charge on any atom is -0.503 e. The summed E-state index contributed by atoms with van der Waals surface area (Å²) in [5.74, 6) is -3.51. The van der Waals surface area contributed by atoms with Gasteiger partial charge in [0.1, 0.15) is 17.4 Å². The van der Waals surface area contributed by atoms with Crippen molar-refractivity contribution in [1.29, 1.82) is 0 Å². The number of aliphatic hydroxyl groups is 1. The second-order valence-electron chi connectivity index (χ2n) is 7.81. The van der Waals surface area contributed by atoms with Crippen molar-refractivity contribution in [2.24, 2.45) is 0 Å². The molecule has 0 spiro atoms. The number of furan rings is 1. The molecule has 0 saturated heterocycles. The number of benzene rings is 2. The number of amides is 1. The van der Waals surface area contributed by atoms with E-state index in [-0.39, 0.29) is 27.8 Å². The van der Waals surface area contributed by atoms with Gasteiger partial charge in [-0.1, -0.05) is 47.7 Å². The SMILES string of the molecule is CC(=O)c1sc(N2C(=O)C(O)=C(C(=O)c3cc4ccccc4o3)C2c2ccccc2F)nc1C. The molecule has 5 rings (SSSR count). The summed E-state index contributed by atoms with van der Waals surface area (Å²) < 4.78 is 20.6. The minimum atomic E-state index is -1.31. The number of anilines is 1. The molecule has 1 N–H and O–H groups in total. The molecule has 170 valence electrons. The van der Waals surface area contributed by atoms with Crippen LogP contribution in [0, 0.1) is 12.7 Å². The number of aromatic nitrogens is 1. The highest BCUT2D eigenvalue weighted by Crippen LogP contribution is 2.44. The van der Waals surface area contributed by atoms with Crippen LogP contribution in [0.4, 0.5) is 9.52 Å². The van der Waals surface area contributed by atoms with E-state index in [0.29, 0.717) is 21.5 Å². The van der Waals surface area contributed by atoms with Gasteiger partial charge in [0.2, 0.25) is 5.78 Å². The molecule has 9 heteroatoms. The second kappa shape index (κ2) is 8.03. The fourth-order valence-corrected chi connectivity index (χ4v) is 5.05. The van der Waals surface area contributed by atoms with E-state index in [1.54, 1.807) is 37.3 Å². The van der Waals surface area contributed by atoms with Gasteiger partial charge in [-0.15, -0.1) is 0 Å². The zero-order valence-corrected chi connectivity index (χ0v) is 18.9. The molecule has 3 heterocycles. The number of carbonyl (C=O) groups is 3. The third kappa shape index (κ3) is 3.32. The van der Waals surface area contributed by atoms with Crippen molar-refractivity contribution in [3.63, 3.8) is 0 Å². The lowest BCUT2D eigenvalue weighted by atomic mass is 9.95. The summed E-state index contributed by atoms with van der Waals surface area (Å²) in [6, 6.07) is 12.8. The molecule has 7 nitrogen and oxygen atoms in total. The maximum absolute atomic E-state index is 15.0. The van der Waals surface area contributed by atoms with Crippen molar-refractivity contribution in [3.05, 3.63) is 93.6 Å². The molecule has 1 unspecified atom stereocenters. The summed E-state index contributed by atoms with van der Waals surface area (Å²) in [6.07, 6.45) is 0. The quantitative estimate of drug-likeness (QED) is 0.391. The number of halogens is 1. The Kier molecular flexibility index (Phi) is 5.13. The van der Waals surface area contributed by atoms with Crippen LogP contribution in [0.3, 0.4) is 0 Å². The van der Waals surface area contributed by atoms with Crippen LogP contribution in [0.5, 0.6) is 0 Å². The molecule has 1 aliphatic heterocycles. The van der Waals surface area contributed by atoms with Crippen LogP contribution in [0.15, 0.2) is 70.3 Å².